The lowest BCUT2D eigenvalue weighted by molar-refractivity contribution is 0.715. The predicted octanol–water partition coefficient (Wildman–Crippen LogP) is 1.65. The first-order chi connectivity index (χ1) is 11.0. The number of hydrogen-bond acceptors (Lipinski definition) is 3. The average Bonchev–Trinajstić information content (AvgIpc) is 2.85. The summed E-state index contributed by atoms with van der Waals surface area (Å²) < 4.78 is 1.97. The fraction of sp³-hybridized carbons (Fsp3) is 0.471. The third-order valence-electron chi connectivity index (χ3n) is 4.13. The second-order valence-corrected chi connectivity index (χ2v) is 5.70. The van der Waals surface area contributed by atoms with Gasteiger partial charge in [-0.2, -0.15) is 0 Å². The summed E-state index contributed by atoms with van der Waals surface area (Å²) >= 11 is 0. The van der Waals surface area contributed by atoms with Crippen molar-refractivity contribution in [2.45, 2.75) is 33.7 Å². The van der Waals surface area contributed by atoms with Gasteiger partial charge in [0.1, 0.15) is 5.82 Å². The number of benzene rings is 1. The molecule has 0 unspecified atom stereocenters. The topological polar surface area (TPSA) is 67.1 Å². The normalized spacial score (nSPS) is 11.6. The molecule has 2 aromatic rings. The molecule has 0 spiro atoms. The van der Waals surface area contributed by atoms with Crippen LogP contribution in [0.2, 0.25) is 0 Å². The summed E-state index contributed by atoms with van der Waals surface area (Å²) in [5, 5.41) is 14.8. The fourth-order valence-electron chi connectivity index (χ4n) is 2.54. The summed E-state index contributed by atoms with van der Waals surface area (Å²) in [5.41, 5.74) is 4.08. The lowest BCUT2D eigenvalue weighted by atomic mass is 10.0. The Labute approximate surface area is 138 Å². The summed E-state index contributed by atoms with van der Waals surface area (Å²) in [6.45, 7) is 7.69. The van der Waals surface area contributed by atoms with Crippen molar-refractivity contribution >= 4 is 5.96 Å². The minimum absolute atomic E-state index is 0.598. The molecule has 0 fully saturated rings. The molecule has 6 heteroatoms. The van der Waals surface area contributed by atoms with Gasteiger partial charge in [-0.05, 0) is 43.9 Å². The molecule has 0 bridgehead atoms. The van der Waals surface area contributed by atoms with Crippen LogP contribution in [0.15, 0.2) is 23.2 Å². The highest BCUT2D eigenvalue weighted by atomic mass is 15.3. The lowest BCUT2D eigenvalue weighted by Gasteiger charge is -2.13. The molecule has 0 atom stereocenters. The van der Waals surface area contributed by atoms with Gasteiger partial charge in [-0.25, -0.2) is 0 Å². The SMILES string of the molecule is CN=C(NCCc1c(C)cccc1C)NCc1nnc(C)n1C. The van der Waals surface area contributed by atoms with Crippen molar-refractivity contribution in [3.8, 4) is 0 Å². The monoisotopic (exact) mass is 314 g/mol. The number of hydrogen-bond donors (Lipinski definition) is 2. The largest absolute Gasteiger partial charge is 0.356 e. The first kappa shape index (κ1) is 17.0. The minimum atomic E-state index is 0.598. The molecule has 2 rings (SSSR count). The highest BCUT2D eigenvalue weighted by Crippen LogP contribution is 2.13. The van der Waals surface area contributed by atoms with E-state index in [4.69, 9.17) is 0 Å². The van der Waals surface area contributed by atoms with Gasteiger partial charge in [0.25, 0.3) is 0 Å². The van der Waals surface area contributed by atoms with Crippen molar-refractivity contribution in [3.63, 3.8) is 0 Å². The summed E-state index contributed by atoms with van der Waals surface area (Å²) in [6, 6.07) is 6.42. The van der Waals surface area contributed by atoms with E-state index in [0.717, 1.165) is 30.6 Å². The molecule has 23 heavy (non-hydrogen) atoms. The molecule has 0 radical (unpaired) electrons. The highest BCUT2D eigenvalue weighted by molar-refractivity contribution is 5.79. The fourth-order valence-corrected chi connectivity index (χ4v) is 2.54. The maximum atomic E-state index is 4.25. The molecule has 0 amide bonds. The first-order valence-corrected chi connectivity index (χ1v) is 7.87. The van der Waals surface area contributed by atoms with Gasteiger partial charge in [0, 0.05) is 20.6 Å². The Morgan fingerprint density at radius 3 is 2.39 bits per heavy atom. The maximum Gasteiger partial charge on any atom is 0.191 e. The summed E-state index contributed by atoms with van der Waals surface area (Å²) in [4.78, 5) is 4.25. The zero-order chi connectivity index (χ0) is 16.8. The third-order valence-corrected chi connectivity index (χ3v) is 4.13. The molecule has 0 aliphatic rings. The van der Waals surface area contributed by atoms with Crippen molar-refractivity contribution in [1.29, 1.82) is 0 Å². The van der Waals surface area contributed by atoms with Gasteiger partial charge in [-0.15, -0.1) is 10.2 Å². The molecule has 0 saturated carbocycles. The number of rotatable bonds is 5. The van der Waals surface area contributed by atoms with Gasteiger partial charge < -0.3 is 15.2 Å². The molecule has 2 N–H and O–H groups in total. The Bertz CT molecular complexity index is 666. The molecule has 0 aliphatic heterocycles. The number of aryl methyl sites for hydroxylation is 3. The molecule has 1 heterocycles. The zero-order valence-electron chi connectivity index (χ0n) is 14.6. The second kappa shape index (κ2) is 7.76. The van der Waals surface area contributed by atoms with Gasteiger partial charge in [0.2, 0.25) is 0 Å². The Hall–Kier alpha value is -2.37. The van der Waals surface area contributed by atoms with E-state index < -0.39 is 0 Å². The van der Waals surface area contributed by atoms with Gasteiger partial charge in [0.05, 0.1) is 6.54 Å². The van der Waals surface area contributed by atoms with Crippen LogP contribution in [0.5, 0.6) is 0 Å². The van der Waals surface area contributed by atoms with Crippen molar-refractivity contribution in [2.75, 3.05) is 13.6 Å². The smallest absolute Gasteiger partial charge is 0.191 e. The lowest BCUT2D eigenvalue weighted by Crippen LogP contribution is -2.38. The standard InChI is InChI=1S/C17H26N6/c1-12-7-6-8-13(2)15(12)9-10-19-17(18-4)20-11-16-22-21-14(3)23(16)5/h6-8H,9-11H2,1-5H3,(H2,18,19,20). The van der Waals surface area contributed by atoms with Crippen molar-refractivity contribution in [2.24, 2.45) is 12.0 Å². The van der Waals surface area contributed by atoms with E-state index in [9.17, 15) is 0 Å². The van der Waals surface area contributed by atoms with E-state index in [-0.39, 0.29) is 0 Å². The molecular formula is C17H26N6. The second-order valence-electron chi connectivity index (χ2n) is 5.70. The maximum absolute atomic E-state index is 4.25. The molecular weight excluding hydrogens is 288 g/mol. The first-order valence-electron chi connectivity index (χ1n) is 7.87. The minimum Gasteiger partial charge on any atom is -0.356 e. The van der Waals surface area contributed by atoms with Crippen LogP contribution in [0.1, 0.15) is 28.3 Å². The summed E-state index contributed by atoms with van der Waals surface area (Å²) in [6.07, 6.45) is 0.974. The highest BCUT2D eigenvalue weighted by Gasteiger charge is 2.06. The van der Waals surface area contributed by atoms with Crippen LogP contribution in [-0.2, 0) is 20.0 Å². The molecule has 124 valence electrons. The molecule has 0 aliphatic carbocycles. The van der Waals surface area contributed by atoms with Crippen molar-refractivity contribution in [3.05, 3.63) is 46.5 Å². The van der Waals surface area contributed by atoms with E-state index >= 15 is 0 Å². The molecule has 1 aromatic carbocycles. The van der Waals surface area contributed by atoms with Crippen LogP contribution in [0.3, 0.4) is 0 Å². The van der Waals surface area contributed by atoms with E-state index in [1.165, 1.54) is 16.7 Å². The Morgan fingerprint density at radius 2 is 1.83 bits per heavy atom. The zero-order valence-corrected chi connectivity index (χ0v) is 14.6. The van der Waals surface area contributed by atoms with E-state index in [0.29, 0.717) is 6.54 Å². The Kier molecular flexibility index (Phi) is 5.73. The van der Waals surface area contributed by atoms with Gasteiger partial charge in [0.15, 0.2) is 11.8 Å². The summed E-state index contributed by atoms with van der Waals surface area (Å²) in [7, 11) is 3.74. The van der Waals surface area contributed by atoms with Gasteiger partial charge in [-0.3, -0.25) is 4.99 Å². The van der Waals surface area contributed by atoms with Crippen LogP contribution in [0, 0.1) is 20.8 Å². The number of aromatic nitrogens is 3. The van der Waals surface area contributed by atoms with E-state index in [1.54, 1.807) is 7.05 Å². The Balaban J connectivity index is 1.85. The summed E-state index contributed by atoms with van der Waals surface area (Å²) in [5.74, 6) is 2.57. The van der Waals surface area contributed by atoms with Gasteiger partial charge in [-0.1, -0.05) is 18.2 Å². The van der Waals surface area contributed by atoms with Gasteiger partial charge >= 0.3 is 0 Å². The van der Waals surface area contributed by atoms with Crippen LogP contribution in [0.25, 0.3) is 0 Å². The third kappa shape index (κ3) is 4.31. The van der Waals surface area contributed by atoms with Crippen LogP contribution in [-0.4, -0.2) is 34.3 Å². The van der Waals surface area contributed by atoms with Crippen LogP contribution in [0.4, 0.5) is 0 Å². The van der Waals surface area contributed by atoms with E-state index in [1.807, 2.05) is 18.5 Å². The molecule has 0 saturated heterocycles. The Morgan fingerprint density at radius 1 is 1.13 bits per heavy atom. The van der Waals surface area contributed by atoms with Crippen molar-refractivity contribution in [1.82, 2.24) is 25.4 Å². The average molecular weight is 314 g/mol. The number of nitrogens with one attached hydrogen (secondary N) is 2. The van der Waals surface area contributed by atoms with Crippen molar-refractivity contribution < 1.29 is 0 Å². The number of aliphatic imine (C=N–C) groups is 1. The quantitative estimate of drug-likeness (QED) is 0.650. The predicted molar refractivity (Wildman–Crippen MR) is 93.6 cm³/mol. The van der Waals surface area contributed by atoms with Crippen LogP contribution < -0.4 is 10.6 Å². The molecule has 1 aromatic heterocycles. The molecule has 6 nitrogen and oxygen atoms in total. The number of nitrogens with zero attached hydrogens (tertiary/aromatic N) is 4. The van der Waals surface area contributed by atoms with E-state index in [2.05, 4.69) is 57.9 Å². The van der Waals surface area contributed by atoms with Crippen LogP contribution >= 0.6 is 0 Å². The number of guanidine groups is 1.